The van der Waals surface area contributed by atoms with Crippen LogP contribution in [0.4, 0.5) is 17.5 Å². The van der Waals surface area contributed by atoms with Crippen molar-refractivity contribution < 1.29 is 14.0 Å². The quantitative estimate of drug-likeness (QED) is 0.404. The SMILES string of the molecule is CCCNc1nc(Nc2ccc(P3(=O)CCN(C4COC4)CC3)cc2OC)nc2[nH]cc(C#N)c12. The summed E-state index contributed by atoms with van der Waals surface area (Å²) >= 11 is 0. The molecule has 2 fully saturated rings. The van der Waals surface area contributed by atoms with Crippen molar-refractivity contribution in [2.24, 2.45) is 0 Å². The van der Waals surface area contributed by atoms with E-state index in [0.29, 0.717) is 58.2 Å². The van der Waals surface area contributed by atoms with Crippen LogP contribution in [-0.2, 0) is 9.30 Å². The first kappa shape index (κ1) is 23.6. The second-order valence-corrected chi connectivity index (χ2v) is 12.1. The molecule has 0 radical (unpaired) electrons. The average Bonchev–Trinajstić information content (AvgIpc) is 3.26. The summed E-state index contributed by atoms with van der Waals surface area (Å²) in [6.07, 6.45) is 3.89. The van der Waals surface area contributed by atoms with Gasteiger partial charge in [0, 0.05) is 43.5 Å². The molecule has 0 aliphatic carbocycles. The van der Waals surface area contributed by atoms with Gasteiger partial charge in [0.15, 0.2) is 0 Å². The lowest BCUT2D eigenvalue weighted by molar-refractivity contribution is -0.0620. The lowest BCUT2D eigenvalue weighted by atomic mass is 10.2. The van der Waals surface area contributed by atoms with Gasteiger partial charge in [-0.15, -0.1) is 0 Å². The number of nitrogens with zero attached hydrogens (tertiary/aromatic N) is 4. The van der Waals surface area contributed by atoms with E-state index in [0.717, 1.165) is 44.6 Å². The summed E-state index contributed by atoms with van der Waals surface area (Å²) < 4.78 is 24.7. The summed E-state index contributed by atoms with van der Waals surface area (Å²) in [5, 5.41) is 17.5. The first-order chi connectivity index (χ1) is 17.0. The van der Waals surface area contributed by atoms with E-state index >= 15 is 0 Å². The number of nitrogens with one attached hydrogen (secondary N) is 3. The van der Waals surface area contributed by atoms with E-state index < -0.39 is 7.14 Å². The summed E-state index contributed by atoms with van der Waals surface area (Å²) in [5.41, 5.74) is 1.75. The van der Waals surface area contributed by atoms with Crippen molar-refractivity contribution in [3.63, 3.8) is 0 Å². The summed E-state index contributed by atoms with van der Waals surface area (Å²) in [6.45, 7) is 6.01. The standard InChI is InChI=1S/C24H30N7O3P/c1-3-6-26-22-21-16(12-25)13-27-23(21)30-24(29-22)28-19-5-4-18(11-20(19)33-2)35(32)9-7-31(8-10-35)17-14-34-15-17/h4-5,11,13,17H,3,6-10,14-15H2,1-2H3,(H3,26,27,28,29,30). The number of fused-ring (bicyclic) bond motifs is 1. The molecule has 184 valence electrons. The zero-order valence-corrected chi connectivity index (χ0v) is 20.9. The third kappa shape index (κ3) is 4.59. The Morgan fingerprint density at radius 1 is 1.31 bits per heavy atom. The number of anilines is 3. The molecule has 3 aromatic rings. The minimum Gasteiger partial charge on any atom is -0.495 e. The largest absolute Gasteiger partial charge is 0.495 e. The van der Waals surface area contributed by atoms with Crippen LogP contribution >= 0.6 is 7.14 Å². The molecule has 10 nitrogen and oxygen atoms in total. The third-order valence-corrected chi connectivity index (χ3v) is 9.79. The zero-order valence-electron chi connectivity index (χ0n) is 20.0. The summed E-state index contributed by atoms with van der Waals surface area (Å²) in [7, 11) is -0.894. The van der Waals surface area contributed by atoms with Crippen LogP contribution in [0, 0.1) is 11.3 Å². The van der Waals surface area contributed by atoms with Gasteiger partial charge in [-0.1, -0.05) is 6.92 Å². The van der Waals surface area contributed by atoms with E-state index in [2.05, 4.69) is 43.5 Å². The second-order valence-electron chi connectivity index (χ2n) is 8.93. The summed E-state index contributed by atoms with van der Waals surface area (Å²) in [4.78, 5) is 14.6. The monoisotopic (exact) mass is 495 g/mol. The fourth-order valence-corrected chi connectivity index (χ4v) is 7.17. The van der Waals surface area contributed by atoms with E-state index in [1.165, 1.54) is 0 Å². The number of aromatic amines is 1. The van der Waals surface area contributed by atoms with Gasteiger partial charge in [-0.05, 0) is 24.6 Å². The lowest BCUT2D eigenvalue weighted by Crippen LogP contribution is -2.52. The average molecular weight is 496 g/mol. The van der Waals surface area contributed by atoms with E-state index in [1.807, 2.05) is 18.2 Å². The number of ether oxygens (including phenoxy) is 2. The first-order valence-electron chi connectivity index (χ1n) is 11.9. The van der Waals surface area contributed by atoms with Crippen LogP contribution in [0.15, 0.2) is 24.4 Å². The molecule has 2 saturated heterocycles. The van der Waals surface area contributed by atoms with Gasteiger partial charge in [-0.3, -0.25) is 4.90 Å². The zero-order chi connectivity index (χ0) is 24.4. The molecular formula is C24H30N7O3P. The van der Waals surface area contributed by atoms with Gasteiger partial charge in [-0.2, -0.15) is 15.2 Å². The number of benzene rings is 1. The summed E-state index contributed by atoms with van der Waals surface area (Å²) in [5.74, 6) is 1.56. The van der Waals surface area contributed by atoms with Crippen LogP contribution in [0.3, 0.4) is 0 Å². The number of hydrogen-bond acceptors (Lipinski definition) is 9. The minimum atomic E-state index is -2.49. The molecule has 0 unspecified atom stereocenters. The molecule has 3 N–H and O–H groups in total. The number of methoxy groups -OCH3 is 1. The van der Waals surface area contributed by atoms with Crippen molar-refractivity contribution in [1.29, 1.82) is 5.26 Å². The Morgan fingerprint density at radius 2 is 2.11 bits per heavy atom. The van der Waals surface area contributed by atoms with Gasteiger partial charge in [0.1, 0.15) is 30.4 Å². The molecule has 0 atom stereocenters. The highest BCUT2D eigenvalue weighted by Crippen LogP contribution is 2.48. The molecule has 2 aromatic heterocycles. The normalized spacial score (nSPS) is 18.1. The molecule has 0 saturated carbocycles. The lowest BCUT2D eigenvalue weighted by Gasteiger charge is -2.41. The molecular weight excluding hydrogens is 465 g/mol. The number of hydrogen-bond donors (Lipinski definition) is 3. The van der Waals surface area contributed by atoms with Crippen molar-refractivity contribution in [3.8, 4) is 11.8 Å². The number of nitriles is 1. The number of aromatic nitrogens is 3. The van der Waals surface area contributed by atoms with E-state index in [-0.39, 0.29) is 0 Å². The highest BCUT2D eigenvalue weighted by atomic mass is 31.2. The Bertz CT molecular complexity index is 1300. The highest BCUT2D eigenvalue weighted by Gasteiger charge is 2.35. The maximum absolute atomic E-state index is 13.8. The van der Waals surface area contributed by atoms with Gasteiger partial charge in [0.2, 0.25) is 5.95 Å². The molecule has 4 heterocycles. The summed E-state index contributed by atoms with van der Waals surface area (Å²) in [6, 6.07) is 8.33. The van der Waals surface area contributed by atoms with Crippen LogP contribution in [-0.4, -0.2) is 78.2 Å². The Balaban J connectivity index is 1.39. The van der Waals surface area contributed by atoms with Crippen molar-refractivity contribution >= 4 is 40.9 Å². The Kier molecular flexibility index (Phi) is 6.65. The van der Waals surface area contributed by atoms with Crippen LogP contribution in [0.25, 0.3) is 11.0 Å². The highest BCUT2D eigenvalue weighted by molar-refractivity contribution is 7.71. The third-order valence-electron chi connectivity index (χ3n) is 6.73. The number of H-pyrrole nitrogens is 1. The fraction of sp³-hybridized carbons (Fsp3) is 0.458. The van der Waals surface area contributed by atoms with Crippen LogP contribution in [0.1, 0.15) is 18.9 Å². The molecule has 2 aliphatic rings. The molecule has 0 bridgehead atoms. The minimum absolute atomic E-state index is 0.371. The van der Waals surface area contributed by atoms with Gasteiger partial charge in [0.05, 0.1) is 43.0 Å². The first-order valence-corrected chi connectivity index (χ1v) is 14.0. The maximum atomic E-state index is 13.8. The second kappa shape index (κ2) is 9.86. The molecule has 35 heavy (non-hydrogen) atoms. The predicted octanol–water partition coefficient (Wildman–Crippen LogP) is 3.11. The smallest absolute Gasteiger partial charge is 0.231 e. The fourth-order valence-electron chi connectivity index (χ4n) is 4.57. The van der Waals surface area contributed by atoms with E-state index in [9.17, 15) is 9.83 Å². The van der Waals surface area contributed by atoms with Crippen molar-refractivity contribution in [2.75, 3.05) is 62.9 Å². The molecule has 1 aromatic carbocycles. The molecule has 11 heteroatoms. The predicted molar refractivity (Wildman–Crippen MR) is 137 cm³/mol. The van der Waals surface area contributed by atoms with Crippen molar-refractivity contribution in [1.82, 2.24) is 19.9 Å². The van der Waals surface area contributed by atoms with Crippen LogP contribution < -0.4 is 20.7 Å². The maximum Gasteiger partial charge on any atom is 0.231 e. The Labute approximate surface area is 204 Å². The van der Waals surface area contributed by atoms with Gasteiger partial charge in [0.25, 0.3) is 0 Å². The van der Waals surface area contributed by atoms with Gasteiger partial charge >= 0.3 is 0 Å². The molecule has 0 amide bonds. The van der Waals surface area contributed by atoms with E-state index in [1.54, 1.807) is 13.3 Å². The van der Waals surface area contributed by atoms with Crippen molar-refractivity contribution in [2.45, 2.75) is 19.4 Å². The van der Waals surface area contributed by atoms with Gasteiger partial charge in [-0.25, -0.2) is 0 Å². The van der Waals surface area contributed by atoms with Crippen molar-refractivity contribution in [3.05, 3.63) is 30.0 Å². The topological polar surface area (TPSA) is 128 Å². The van der Waals surface area contributed by atoms with Gasteiger partial charge < -0.3 is 29.7 Å². The number of rotatable bonds is 8. The Morgan fingerprint density at radius 3 is 2.77 bits per heavy atom. The van der Waals surface area contributed by atoms with Crippen LogP contribution in [0.2, 0.25) is 0 Å². The van der Waals surface area contributed by atoms with Crippen LogP contribution in [0.5, 0.6) is 5.75 Å². The molecule has 0 spiro atoms. The van der Waals surface area contributed by atoms with E-state index in [4.69, 9.17) is 9.47 Å². The Hall–Kier alpha value is -3.12. The molecule has 2 aliphatic heterocycles. The molecule has 5 rings (SSSR count).